The summed E-state index contributed by atoms with van der Waals surface area (Å²) in [4.78, 5) is 16.9. The largest absolute Gasteiger partial charge is 0.343 e. The molecule has 1 amide bonds. The van der Waals surface area contributed by atoms with E-state index in [1.54, 1.807) is 26.4 Å². The number of hydrogen-bond donors (Lipinski definition) is 1. The van der Waals surface area contributed by atoms with Crippen LogP contribution >= 0.6 is 24.8 Å². The topological polar surface area (TPSA) is 59.2 Å². The Morgan fingerprint density at radius 2 is 2.00 bits per heavy atom. The van der Waals surface area contributed by atoms with Crippen molar-refractivity contribution < 1.29 is 4.79 Å². The molecule has 4 nitrogen and oxygen atoms in total. The van der Waals surface area contributed by atoms with Gasteiger partial charge in [-0.25, -0.2) is 0 Å². The Kier molecular flexibility index (Phi) is 8.24. The van der Waals surface area contributed by atoms with Crippen LogP contribution in [0.25, 0.3) is 0 Å². The van der Waals surface area contributed by atoms with Gasteiger partial charge in [-0.3, -0.25) is 9.78 Å². The molecule has 0 unspecified atom stereocenters. The number of rotatable bonds is 2. The van der Waals surface area contributed by atoms with E-state index in [9.17, 15) is 4.79 Å². The van der Waals surface area contributed by atoms with Gasteiger partial charge in [0, 0.05) is 26.8 Å². The van der Waals surface area contributed by atoms with Gasteiger partial charge in [0.2, 0.25) is 0 Å². The first kappa shape index (κ1) is 16.6. The highest BCUT2D eigenvalue weighted by Crippen LogP contribution is 2.01. The maximum atomic E-state index is 11.4. The van der Waals surface area contributed by atoms with Crippen molar-refractivity contribution in [3.05, 3.63) is 29.6 Å². The summed E-state index contributed by atoms with van der Waals surface area (Å²) >= 11 is 0. The first-order chi connectivity index (χ1) is 6.15. The molecule has 6 heteroatoms. The lowest BCUT2D eigenvalue weighted by atomic mass is 10.2. The predicted molar refractivity (Wildman–Crippen MR) is 64.6 cm³/mol. The summed E-state index contributed by atoms with van der Waals surface area (Å²) in [6.07, 6.45) is 1.62. The zero-order valence-corrected chi connectivity index (χ0v) is 10.3. The second kappa shape index (κ2) is 7.45. The SMILES string of the molecule is CN(C)C(=O)c1ccc(CN)cn1.Cl.Cl. The zero-order chi connectivity index (χ0) is 9.84. The van der Waals surface area contributed by atoms with Crippen LogP contribution in [0.4, 0.5) is 0 Å². The Balaban J connectivity index is 0. The molecule has 0 saturated heterocycles. The average Bonchev–Trinajstić information content (AvgIpc) is 2.17. The fourth-order valence-corrected chi connectivity index (χ4v) is 0.901. The van der Waals surface area contributed by atoms with Gasteiger partial charge in [-0.1, -0.05) is 6.07 Å². The molecule has 0 radical (unpaired) electrons. The van der Waals surface area contributed by atoms with Crippen molar-refractivity contribution >= 4 is 30.7 Å². The van der Waals surface area contributed by atoms with Gasteiger partial charge in [0.15, 0.2) is 0 Å². The summed E-state index contributed by atoms with van der Waals surface area (Å²) < 4.78 is 0. The molecular formula is C9H15Cl2N3O. The van der Waals surface area contributed by atoms with Crippen molar-refractivity contribution in [2.75, 3.05) is 14.1 Å². The van der Waals surface area contributed by atoms with Gasteiger partial charge in [0.1, 0.15) is 5.69 Å². The third-order valence-corrected chi connectivity index (χ3v) is 1.69. The fraction of sp³-hybridized carbons (Fsp3) is 0.333. The maximum absolute atomic E-state index is 11.4. The number of aromatic nitrogens is 1. The predicted octanol–water partition coefficient (Wildman–Crippen LogP) is 1.09. The summed E-state index contributed by atoms with van der Waals surface area (Å²) in [5.74, 6) is -0.0939. The third-order valence-electron chi connectivity index (χ3n) is 1.69. The molecule has 2 N–H and O–H groups in total. The van der Waals surface area contributed by atoms with Crippen molar-refractivity contribution in [1.82, 2.24) is 9.88 Å². The van der Waals surface area contributed by atoms with E-state index < -0.39 is 0 Å². The quantitative estimate of drug-likeness (QED) is 0.856. The van der Waals surface area contributed by atoms with E-state index >= 15 is 0 Å². The summed E-state index contributed by atoms with van der Waals surface area (Å²) in [6.45, 7) is 0.448. The smallest absolute Gasteiger partial charge is 0.271 e. The summed E-state index contributed by atoms with van der Waals surface area (Å²) in [7, 11) is 3.39. The molecule has 1 rings (SSSR count). The molecule has 86 valence electrons. The lowest BCUT2D eigenvalue weighted by molar-refractivity contribution is 0.0822. The first-order valence-corrected chi connectivity index (χ1v) is 4.02. The van der Waals surface area contributed by atoms with Gasteiger partial charge in [-0.15, -0.1) is 24.8 Å². The van der Waals surface area contributed by atoms with Crippen LogP contribution in [0.2, 0.25) is 0 Å². The maximum Gasteiger partial charge on any atom is 0.271 e. The van der Waals surface area contributed by atoms with E-state index in [1.807, 2.05) is 6.07 Å². The molecule has 0 spiro atoms. The van der Waals surface area contributed by atoms with Crippen LogP contribution in [-0.2, 0) is 6.54 Å². The number of amides is 1. The Morgan fingerprint density at radius 3 is 2.33 bits per heavy atom. The molecule has 1 heterocycles. The summed E-state index contributed by atoms with van der Waals surface area (Å²) in [6, 6.07) is 3.49. The third kappa shape index (κ3) is 4.46. The second-order valence-electron chi connectivity index (χ2n) is 2.96. The van der Waals surface area contributed by atoms with E-state index in [0.717, 1.165) is 5.56 Å². The van der Waals surface area contributed by atoms with Crippen LogP contribution in [-0.4, -0.2) is 29.9 Å². The lowest BCUT2D eigenvalue weighted by Gasteiger charge is -2.09. The normalized spacial score (nSPS) is 8.47. The van der Waals surface area contributed by atoms with Gasteiger partial charge in [0.25, 0.3) is 5.91 Å². The van der Waals surface area contributed by atoms with Crippen molar-refractivity contribution in [2.24, 2.45) is 5.73 Å². The Labute approximate surface area is 102 Å². The molecule has 1 aromatic rings. The van der Waals surface area contributed by atoms with E-state index in [0.29, 0.717) is 12.2 Å². The van der Waals surface area contributed by atoms with E-state index in [2.05, 4.69) is 4.98 Å². The molecule has 0 saturated carbocycles. The van der Waals surface area contributed by atoms with Crippen LogP contribution in [0.15, 0.2) is 18.3 Å². The second-order valence-corrected chi connectivity index (χ2v) is 2.96. The molecule has 0 atom stereocenters. The van der Waals surface area contributed by atoms with Gasteiger partial charge in [-0.05, 0) is 11.6 Å². The lowest BCUT2D eigenvalue weighted by Crippen LogP contribution is -2.22. The van der Waals surface area contributed by atoms with Crippen LogP contribution in [0.3, 0.4) is 0 Å². The van der Waals surface area contributed by atoms with Crippen LogP contribution in [0.5, 0.6) is 0 Å². The van der Waals surface area contributed by atoms with Crippen molar-refractivity contribution in [3.8, 4) is 0 Å². The van der Waals surface area contributed by atoms with E-state index in [1.165, 1.54) is 4.90 Å². The standard InChI is InChI=1S/C9H13N3O.2ClH/c1-12(2)9(13)8-4-3-7(5-10)6-11-8;;/h3-4,6H,5,10H2,1-2H3;2*1H. The zero-order valence-electron chi connectivity index (χ0n) is 8.64. The molecular weight excluding hydrogens is 237 g/mol. The van der Waals surface area contributed by atoms with E-state index in [4.69, 9.17) is 5.73 Å². The molecule has 0 aromatic carbocycles. The number of hydrogen-bond acceptors (Lipinski definition) is 3. The molecule has 0 aliphatic carbocycles. The minimum Gasteiger partial charge on any atom is -0.343 e. The van der Waals surface area contributed by atoms with Crippen LogP contribution in [0, 0.1) is 0 Å². The van der Waals surface area contributed by atoms with Gasteiger partial charge in [0.05, 0.1) is 0 Å². The summed E-state index contributed by atoms with van der Waals surface area (Å²) in [5, 5.41) is 0. The minimum absolute atomic E-state index is 0. The minimum atomic E-state index is -0.0939. The monoisotopic (exact) mass is 251 g/mol. The molecule has 0 aliphatic heterocycles. The average molecular weight is 252 g/mol. The number of carbonyl (C=O) groups is 1. The molecule has 0 aliphatic rings. The summed E-state index contributed by atoms with van der Waals surface area (Å²) in [5.41, 5.74) is 6.77. The van der Waals surface area contributed by atoms with Gasteiger partial charge < -0.3 is 10.6 Å². The Morgan fingerprint density at radius 1 is 1.40 bits per heavy atom. The number of carbonyl (C=O) groups excluding carboxylic acids is 1. The fourth-order valence-electron chi connectivity index (χ4n) is 0.901. The van der Waals surface area contributed by atoms with Crippen molar-refractivity contribution in [1.29, 1.82) is 0 Å². The number of halogens is 2. The molecule has 0 fully saturated rings. The Bertz CT molecular complexity index is 301. The number of nitrogens with two attached hydrogens (primary N) is 1. The van der Waals surface area contributed by atoms with Crippen molar-refractivity contribution in [3.63, 3.8) is 0 Å². The highest BCUT2D eigenvalue weighted by Gasteiger charge is 2.07. The number of pyridine rings is 1. The molecule has 15 heavy (non-hydrogen) atoms. The van der Waals surface area contributed by atoms with Gasteiger partial charge in [-0.2, -0.15) is 0 Å². The van der Waals surface area contributed by atoms with Crippen LogP contribution < -0.4 is 5.73 Å². The van der Waals surface area contributed by atoms with Crippen molar-refractivity contribution in [2.45, 2.75) is 6.54 Å². The molecule has 0 bridgehead atoms. The van der Waals surface area contributed by atoms with Gasteiger partial charge >= 0.3 is 0 Å². The van der Waals surface area contributed by atoms with E-state index in [-0.39, 0.29) is 30.7 Å². The molecule has 1 aromatic heterocycles. The highest BCUT2D eigenvalue weighted by molar-refractivity contribution is 5.91. The van der Waals surface area contributed by atoms with Crippen LogP contribution in [0.1, 0.15) is 16.1 Å². The number of nitrogens with zero attached hydrogens (tertiary/aromatic N) is 2. The Hall–Kier alpha value is -0.840. The first-order valence-electron chi connectivity index (χ1n) is 4.02. The highest BCUT2D eigenvalue weighted by atomic mass is 35.5.